The fraction of sp³-hybridized carbons (Fsp3) is 0.250. The van der Waals surface area contributed by atoms with Crippen molar-refractivity contribution in [2.75, 3.05) is 18.0 Å². The first-order chi connectivity index (χ1) is 11.5. The Labute approximate surface area is 143 Å². The van der Waals surface area contributed by atoms with Gasteiger partial charge < -0.3 is 10.2 Å². The summed E-state index contributed by atoms with van der Waals surface area (Å²) in [5.74, 6) is -0.174. The van der Waals surface area contributed by atoms with Crippen LogP contribution in [0.4, 0.5) is 11.4 Å². The highest BCUT2D eigenvalue weighted by Crippen LogP contribution is 2.24. The third-order valence-corrected chi connectivity index (χ3v) is 4.28. The largest absolute Gasteiger partial charge is 0.361 e. The van der Waals surface area contributed by atoms with Crippen molar-refractivity contribution in [3.05, 3.63) is 56.3 Å². The Morgan fingerprint density at radius 1 is 1.46 bits per heavy atom. The van der Waals surface area contributed by atoms with Gasteiger partial charge in [-0.2, -0.15) is 5.26 Å². The Morgan fingerprint density at radius 3 is 2.83 bits per heavy atom. The molecule has 0 saturated carbocycles. The van der Waals surface area contributed by atoms with Gasteiger partial charge in [0, 0.05) is 23.6 Å². The summed E-state index contributed by atoms with van der Waals surface area (Å²) in [7, 11) is 0. The molecule has 8 heteroatoms. The Bertz CT molecular complexity index is 768. The molecule has 1 heterocycles. The maximum Gasteiger partial charge on any atom is 0.270 e. The van der Waals surface area contributed by atoms with E-state index in [9.17, 15) is 20.2 Å². The van der Waals surface area contributed by atoms with Gasteiger partial charge in [-0.25, -0.2) is 0 Å². The molecule has 24 heavy (non-hydrogen) atoms. The molecular weight excluding hydrogens is 328 g/mol. The molecule has 1 aromatic heterocycles. The molecule has 0 atom stereocenters. The Balaban J connectivity index is 2.09. The van der Waals surface area contributed by atoms with Crippen LogP contribution in [0, 0.1) is 21.4 Å². The predicted molar refractivity (Wildman–Crippen MR) is 91.9 cm³/mol. The maximum atomic E-state index is 12.1. The minimum atomic E-state index is -0.547. The zero-order chi connectivity index (χ0) is 17.5. The lowest BCUT2D eigenvalue weighted by Crippen LogP contribution is -2.37. The molecule has 0 spiro atoms. The lowest BCUT2D eigenvalue weighted by atomic mass is 10.1. The van der Waals surface area contributed by atoms with Crippen molar-refractivity contribution < 1.29 is 9.72 Å². The number of nitrogens with one attached hydrogen (secondary N) is 1. The van der Waals surface area contributed by atoms with Crippen molar-refractivity contribution in [2.45, 2.75) is 13.5 Å². The number of thiophene rings is 1. The van der Waals surface area contributed by atoms with Crippen molar-refractivity contribution >= 4 is 28.6 Å². The zero-order valence-corrected chi connectivity index (χ0v) is 13.9. The van der Waals surface area contributed by atoms with Gasteiger partial charge in [-0.3, -0.25) is 14.9 Å². The molecule has 0 bridgehead atoms. The standard InChI is InChI=1S/C16H16N4O3S/c1-2-19(11-16(21)18-10-14-4-3-7-24-14)15-6-5-13(20(22)23)8-12(15)9-17/h3-8H,2,10-11H2,1H3,(H,18,21). The number of hydrogen-bond donors (Lipinski definition) is 1. The van der Waals surface area contributed by atoms with Crippen LogP contribution in [0.3, 0.4) is 0 Å². The summed E-state index contributed by atoms with van der Waals surface area (Å²) in [6.45, 7) is 2.89. The highest BCUT2D eigenvalue weighted by Gasteiger charge is 2.17. The summed E-state index contributed by atoms with van der Waals surface area (Å²) >= 11 is 1.56. The van der Waals surface area contributed by atoms with Crippen molar-refractivity contribution in [3.8, 4) is 6.07 Å². The second-order valence-corrected chi connectivity index (χ2v) is 5.97. The Hall–Kier alpha value is -2.92. The van der Waals surface area contributed by atoms with Crippen LogP contribution in [0.5, 0.6) is 0 Å². The molecule has 124 valence electrons. The number of rotatable bonds is 7. The third-order valence-electron chi connectivity index (χ3n) is 3.41. The monoisotopic (exact) mass is 344 g/mol. The van der Waals surface area contributed by atoms with Crippen molar-refractivity contribution in [2.24, 2.45) is 0 Å². The zero-order valence-electron chi connectivity index (χ0n) is 13.1. The van der Waals surface area contributed by atoms with Crippen LogP contribution >= 0.6 is 11.3 Å². The molecule has 2 aromatic rings. The average molecular weight is 344 g/mol. The average Bonchev–Trinajstić information content (AvgIpc) is 3.10. The molecule has 0 aliphatic heterocycles. The lowest BCUT2D eigenvalue weighted by molar-refractivity contribution is -0.384. The van der Waals surface area contributed by atoms with Gasteiger partial charge >= 0.3 is 0 Å². The van der Waals surface area contributed by atoms with Crippen LogP contribution in [0.15, 0.2) is 35.7 Å². The number of carbonyl (C=O) groups excluding carboxylic acids is 1. The Morgan fingerprint density at radius 2 is 2.25 bits per heavy atom. The topological polar surface area (TPSA) is 99.3 Å². The van der Waals surface area contributed by atoms with E-state index in [1.54, 1.807) is 16.2 Å². The van der Waals surface area contributed by atoms with E-state index in [2.05, 4.69) is 5.32 Å². The van der Waals surface area contributed by atoms with Crippen LogP contribution in [-0.4, -0.2) is 23.9 Å². The number of amides is 1. The number of nitro groups is 1. The molecule has 2 rings (SSSR count). The number of hydrogen-bond acceptors (Lipinski definition) is 6. The number of nitro benzene ring substituents is 1. The SMILES string of the molecule is CCN(CC(=O)NCc1cccs1)c1ccc([N+](=O)[O-])cc1C#N. The van der Waals surface area contributed by atoms with Gasteiger partial charge in [0.05, 0.1) is 29.3 Å². The Kier molecular flexibility index (Phi) is 5.87. The normalized spacial score (nSPS) is 10.0. The molecule has 1 N–H and O–H groups in total. The summed E-state index contributed by atoms with van der Waals surface area (Å²) in [5.41, 5.74) is 0.544. The first kappa shape index (κ1) is 17.4. The van der Waals surface area contributed by atoms with Gasteiger partial charge in [0.1, 0.15) is 6.07 Å². The minimum absolute atomic E-state index is 0.0777. The van der Waals surface area contributed by atoms with Gasteiger partial charge in [-0.05, 0) is 24.4 Å². The van der Waals surface area contributed by atoms with Gasteiger partial charge in [-0.15, -0.1) is 11.3 Å². The maximum absolute atomic E-state index is 12.1. The molecule has 0 unspecified atom stereocenters. The van der Waals surface area contributed by atoms with Crippen LogP contribution in [0.1, 0.15) is 17.4 Å². The molecule has 0 aliphatic carbocycles. The molecule has 0 saturated heterocycles. The summed E-state index contributed by atoms with van der Waals surface area (Å²) in [5, 5.41) is 24.8. The van der Waals surface area contributed by atoms with Crippen LogP contribution in [0.2, 0.25) is 0 Å². The fourth-order valence-electron chi connectivity index (χ4n) is 2.20. The molecule has 0 fully saturated rings. The number of nitrogens with zero attached hydrogens (tertiary/aromatic N) is 3. The number of carbonyl (C=O) groups is 1. The van der Waals surface area contributed by atoms with E-state index in [1.807, 2.05) is 30.5 Å². The minimum Gasteiger partial charge on any atom is -0.361 e. The first-order valence-corrected chi connectivity index (χ1v) is 8.15. The number of benzene rings is 1. The second-order valence-electron chi connectivity index (χ2n) is 4.94. The van der Waals surface area contributed by atoms with E-state index in [0.717, 1.165) is 4.88 Å². The number of non-ortho nitro benzene ring substituents is 1. The fourth-order valence-corrected chi connectivity index (χ4v) is 2.84. The van der Waals surface area contributed by atoms with Gasteiger partial charge in [0.2, 0.25) is 5.91 Å². The number of likely N-dealkylation sites (N-methyl/N-ethyl adjacent to an activating group) is 1. The first-order valence-electron chi connectivity index (χ1n) is 7.27. The van der Waals surface area contributed by atoms with Crippen LogP contribution in [0.25, 0.3) is 0 Å². The van der Waals surface area contributed by atoms with E-state index < -0.39 is 4.92 Å². The van der Waals surface area contributed by atoms with E-state index in [-0.39, 0.29) is 23.7 Å². The van der Waals surface area contributed by atoms with Gasteiger partial charge in [-0.1, -0.05) is 6.07 Å². The van der Waals surface area contributed by atoms with Crippen molar-refractivity contribution in [1.82, 2.24) is 5.32 Å². The quantitative estimate of drug-likeness (QED) is 0.615. The van der Waals surface area contributed by atoms with E-state index in [1.165, 1.54) is 18.2 Å². The molecule has 0 radical (unpaired) electrons. The van der Waals surface area contributed by atoms with Crippen LogP contribution in [-0.2, 0) is 11.3 Å². The predicted octanol–water partition coefficient (Wildman–Crippen LogP) is 2.67. The molecule has 1 aromatic carbocycles. The third kappa shape index (κ3) is 4.30. The van der Waals surface area contributed by atoms with Crippen molar-refractivity contribution in [3.63, 3.8) is 0 Å². The lowest BCUT2D eigenvalue weighted by Gasteiger charge is -2.23. The summed E-state index contributed by atoms with van der Waals surface area (Å²) in [6.07, 6.45) is 0. The highest BCUT2D eigenvalue weighted by molar-refractivity contribution is 7.09. The molecular formula is C16H16N4O3S. The molecule has 1 amide bonds. The van der Waals surface area contributed by atoms with E-state index in [0.29, 0.717) is 18.8 Å². The van der Waals surface area contributed by atoms with Crippen LogP contribution < -0.4 is 10.2 Å². The smallest absolute Gasteiger partial charge is 0.270 e. The van der Waals surface area contributed by atoms with Gasteiger partial charge in [0.15, 0.2) is 0 Å². The summed E-state index contributed by atoms with van der Waals surface area (Å²) in [6, 6.07) is 9.88. The van der Waals surface area contributed by atoms with E-state index in [4.69, 9.17) is 0 Å². The number of anilines is 1. The summed E-state index contributed by atoms with van der Waals surface area (Å²) in [4.78, 5) is 25.2. The summed E-state index contributed by atoms with van der Waals surface area (Å²) < 4.78 is 0. The van der Waals surface area contributed by atoms with Gasteiger partial charge in [0.25, 0.3) is 5.69 Å². The number of nitriles is 1. The highest BCUT2D eigenvalue weighted by atomic mass is 32.1. The van der Waals surface area contributed by atoms with Crippen molar-refractivity contribution in [1.29, 1.82) is 5.26 Å². The second kappa shape index (κ2) is 8.08. The van der Waals surface area contributed by atoms with E-state index >= 15 is 0 Å². The molecule has 7 nitrogen and oxygen atoms in total. The molecule has 0 aliphatic rings.